The molecule has 4 N–H and O–H groups in total. The fourth-order valence-corrected chi connectivity index (χ4v) is 2.50. The first-order chi connectivity index (χ1) is 12.7. The molecule has 0 aliphatic heterocycles. The quantitative estimate of drug-likeness (QED) is 0.633. The van der Waals surface area contributed by atoms with E-state index in [9.17, 15) is 18.4 Å². The van der Waals surface area contributed by atoms with Crippen LogP contribution in [0.25, 0.3) is 0 Å². The fourth-order valence-electron chi connectivity index (χ4n) is 2.50. The molecule has 0 aliphatic carbocycles. The van der Waals surface area contributed by atoms with Crippen molar-refractivity contribution in [2.75, 3.05) is 18.2 Å². The van der Waals surface area contributed by atoms with Crippen LogP contribution in [-0.2, 0) is 4.79 Å². The van der Waals surface area contributed by atoms with E-state index < -0.39 is 35.1 Å². The minimum Gasteiger partial charge on any atom is -0.495 e. The van der Waals surface area contributed by atoms with Gasteiger partial charge in [0, 0.05) is 5.69 Å². The molecule has 0 aliphatic rings. The topological polar surface area (TPSA) is 93.5 Å². The van der Waals surface area contributed by atoms with Gasteiger partial charge in [0.1, 0.15) is 29.0 Å². The zero-order valence-electron chi connectivity index (χ0n) is 15.6. The van der Waals surface area contributed by atoms with Crippen molar-refractivity contribution in [3.05, 3.63) is 53.6 Å². The Morgan fingerprint density at radius 2 is 1.71 bits per heavy atom. The van der Waals surface area contributed by atoms with Gasteiger partial charge in [-0.2, -0.15) is 0 Å². The van der Waals surface area contributed by atoms with Crippen LogP contribution in [0.2, 0.25) is 0 Å². The summed E-state index contributed by atoms with van der Waals surface area (Å²) in [7, 11) is 1.47. The molecule has 0 heterocycles. The maximum Gasteiger partial charge on any atom is 0.257 e. The molecule has 6 nitrogen and oxygen atoms in total. The van der Waals surface area contributed by atoms with E-state index in [4.69, 9.17) is 10.5 Å². The van der Waals surface area contributed by atoms with Gasteiger partial charge in [0.25, 0.3) is 5.91 Å². The van der Waals surface area contributed by atoms with Gasteiger partial charge in [-0.05, 0) is 36.2 Å². The summed E-state index contributed by atoms with van der Waals surface area (Å²) in [4.78, 5) is 24.9. The summed E-state index contributed by atoms with van der Waals surface area (Å²) in [5.74, 6) is -3.43. The molecule has 2 aromatic rings. The minimum atomic E-state index is -1.01. The van der Waals surface area contributed by atoms with Crippen LogP contribution < -0.4 is 21.1 Å². The first-order valence-corrected chi connectivity index (χ1v) is 8.23. The Morgan fingerprint density at radius 1 is 1.11 bits per heavy atom. The Bertz CT molecular complexity index is 842. The third-order valence-corrected chi connectivity index (χ3v) is 3.92. The van der Waals surface area contributed by atoms with Crippen molar-refractivity contribution in [3.8, 4) is 5.75 Å². The smallest absolute Gasteiger partial charge is 0.257 e. The van der Waals surface area contributed by atoms with Crippen molar-refractivity contribution in [3.63, 3.8) is 0 Å². The Labute approximate surface area is 167 Å². The number of ether oxygens (including phenoxy) is 1. The van der Waals surface area contributed by atoms with Gasteiger partial charge < -0.3 is 21.1 Å². The number of hydrogen-bond donors (Lipinski definition) is 3. The van der Waals surface area contributed by atoms with E-state index in [0.717, 1.165) is 18.2 Å². The Balaban J connectivity index is 0.00000392. The lowest BCUT2D eigenvalue weighted by molar-refractivity contribution is -0.118. The molecular formula is C19H22ClF2N3O3. The maximum absolute atomic E-state index is 13.8. The highest BCUT2D eigenvalue weighted by atomic mass is 35.5. The number of anilines is 2. The molecule has 0 bridgehead atoms. The highest BCUT2D eigenvalue weighted by molar-refractivity contribution is 6.01. The lowest BCUT2D eigenvalue weighted by atomic mass is 10.0. The van der Waals surface area contributed by atoms with Crippen LogP contribution in [0, 0.1) is 17.6 Å². The van der Waals surface area contributed by atoms with Gasteiger partial charge in [-0.25, -0.2) is 8.78 Å². The summed E-state index contributed by atoms with van der Waals surface area (Å²) in [5, 5.41) is 5.01. The van der Waals surface area contributed by atoms with Crippen LogP contribution in [0.1, 0.15) is 24.2 Å². The third-order valence-electron chi connectivity index (χ3n) is 3.92. The van der Waals surface area contributed by atoms with Gasteiger partial charge >= 0.3 is 0 Å². The second-order valence-corrected chi connectivity index (χ2v) is 6.24. The molecule has 2 aromatic carbocycles. The maximum atomic E-state index is 13.8. The van der Waals surface area contributed by atoms with E-state index in [1.54, 1.807) is 26.0 Å². The van der Waals surface area contributed by atoms with Crippen molar-refractivity contribution >= 4 is 35.6 Å². The van der Waals surface area contributed by atoms with Gasteiger partial charge in [-0.3, -0.25) is 9.59 Å². The van der Waals surface area contributed by atoms with Crippen molar-refractivity contribution in [1.82, 2.24) is 5.32 Å². The molecule has 152 valence electrons. The zero-order valence-corrected chi connectivity index (χ0v) is 16.4. The van der Waals surface area contributed by atoms with Gasteiger partial charge in [0.2, 0.25) is 5.91 Å². The van der Waals surface area contributed by atoms with Gasteiger partial charge in [-0.1, -0.05) is 19.9 Å². The molecule has 0 saturated heterocycles. The molecule has 28 heavy (non-hydrogen) atoms. The Morgan fingerprint density at radius 3 is 2.21 bits per heavy atom. The lowest BCUT2D eigenvalue weighted by Gasteiger charge is -2.22. The number of halogens is 3. The van der Waals surface area contributed by atoms with Crippen LogP contribution in [0.5, 0.6) is 5.75 Å². The standard InChI is InChI=1S/C19H21F2N3O3.ClH/c1-10(2)17(24-18(25)16-12(20)5-4-6-13(16)21)19(26)23-11-7-8-15(27-3)14(22)9-11;/h4-10,17H,22H2,1-3H3,(H,23,26)(H,24,25);1H. The Kier molecular flexibility index (Phi) is 8.18. The van der Waals surface area contributed by atoms with Gasteiger partial charge in [-0.15, -0.1) is 12.4 Å². The predicted octanol–water partition coefficient (Wildman–Crippen LogP) is 3.37. The third kappa shape index (κ3) is 5.32. The number of benzene rings is 2. The number of amides is 2. The van der Waals surface area contributed by atoms with E-state index >= 15 is 0 Å². The van der Waals surface area contributed by atoms with E-state index in [0.29, 0.717) is 17.1 Å². The molecule has 1 unspecified atom stereocenters. The van der Waals surface area contributed by atoms with Crippen molar-refractivity contribution < 1.29 is 23.1 Å². The summed E-state index contributed by atoms with van der Waals surface area (Å²) < 4.78 is 32.6. The number of hydrogen-bond acceptors (Lipinski definition) is 4. The average Bonchev–Trinajstić information content (AvgIpc) is 2.59. The predicted molar refractivity (Wildman–Crippen MR) is 106 cm³/mol. The van der Waals surface area contributed by atoms with E-state index in [1.165, 1.54) is 13.2 Å². The number of carbonyl (C=O) groups is 2. The molecular weight excluding hydrogens is 392 g/mol. The summed E-state index contributed by atoms with van der Waals surface area (Å²) in [6, 6.07) is 6.77. The molecule has 1 atom stereocenters. The van der Waals surface area contributed by atoms with Crippen LogP contribution in [0.3, 0.4) is 0 Å². The molecule has 9 heteroatoms. The van der Waals surface area contributed by atoms with Crippen LogP contribution >= 0.6 is 12.4 Å². The van der Waals surface area contributed by atoms with Crippen molar-refractivity contribution in [2.45, 2.75) is 19.9 Å². The highest BCUT2D eigenvalue weighted by Gasteiger charge is 2.27. The second kappa shape index (κ2) is 9.89. The summed E-state index contributed by atoms with van der Waals surface area (Å²) in [6.07, 6.45) is 0. The average molecular weight is 414 g/mol. The second-order valence-electron chi connectivity index (χ2n) is 6.24. The monoisotopic (exact) mass is 413 g/mol. The van der Waals surface area contributed by atoms with E-state index in [-0.39, 0.29) is 18.3 Å². The zero-order chi connectivity index (χ0) is 20.1. The van der Waals surface area contributed by atoms with Gasteiger partial charge in [0.05, 0.1) is 12.8 Å². The highest BCUT2D eigenvalue weighted by Crippen LogP contribution is 2.25. The van der Waals surface area contributed by atoms with Crippen LogP contribution in [0.15, 0.2) is 36.4 Å². The minimum absolute atomic E-state index is 0. The first kappa shape index (κ1) is 23.2. The van der Waals surface area contributed by atoms with Gasteiger partial charge in [0.15, 0.2) is 0 Å². The van der Waals surface area contributed by atoms with Crippen molar-refractivity contribution in [1.29, 1.82) is 0 Å². The van der Waals surface area contributed by atoms with Crippen molar-refractivity contribution in [2.24, 2.45) is 5.92 Å². The molecule has 2 amide bonds. The lowest BCUT2D eigenvalue weighted by Crippen LogP contribution is -2.47. The fraction of sp³-hybridized carbons (Fsp3) is 0.263. The summed E-state index contributed by atoms with van der Waals surface area (Å²) in [5.41, 5.74) is 5.80. The summed E-state index contributed by atoms with van der Waals surface area (Å²) >= 11 is 0. The number of rotatable bonds is 6. The molecule has 0 radical (unpaired) electrons. The van der Waals surface area contributed by atoms with Crippen LogP contribution in [-0.4, -0.2) is 25.0 Å². The van der Waals surface area contributed by atoms with Crippen LogP contribution in [0.4, 0.5) is 20.2 Å². The van der Waals surface area contributed by atoms with E-state index in [2.05, 4.69) is 10.6 Å². The molecule has 0 aromatic heterocycles. The first-order valence-electron chi connectivity index (χ1n) is 8.23. The molecule has 2 rings (SSSR count). The molecule has 0 saturated carbocycles. The SMILES string of the molecule is COc1ccc(NC(=O)C(NC(=O)c2c(F)cccc2F)C(C)C)cc1N.Cl. The summed E-state index contributed by atoms with van der Waals surface area (Å²) in [6.45, 7) is 3.40. The number of methoxy groups -OCH3 is 1. The molecule has 0 spiro atoms. The normalized spacial score (nSPS) is 11.4. The molecule has 0 fully saturated rings. The number of carbonyl (C=O) groups excluding carboxylic acids is 2. The number of nitrogens with one attached hydrogen (secondary N) is 2. The number of nitrogen functional groups attached to an aromatic ring is 1. The van der Waals surface area contributed by atoms with E-state index in [1.807, 2.05) is 0 Å². The number of nitrogens with two attached hydrogens (primary N) is 1. The largest absolute Gasteiger partial charge is 0.495 e. The Hall–Kier alpha value is -2.87.